The van der Waals surface area contributed by atoms with Crippen LogP contribution in [0.25, 0.3) is 0 Å². The minimum atomic E-state index is -0.231. The fourth-order valence-corrected chi connectivity index (χ4v) is 1.04. The number of nitrogens with two attached hydrogens (primary N) is 1. The number of hydrogen-bond acceptors (Lipinski definition) is 2. The first-order valence-electron chi connectivity index (χ1n) is 4.03. The van der Waals surface area contributed by atoms with Crippen LogP contribution in [0.1, 0.15) is 11.1 Å². The Balaban J connectivity index is 2.75. The Morgan fingerprint density at radius 1 is 1.62 bits per heavy atom. The molecule has 0 atom stereocenters. The van der Waals surface area contributed by atoms with Gasteiger partial charge < -0.3 is 11.1 Å². The lowest BCUT2D eigenvalue weighted by Gasteiger charge is -2.07. The van der Waals surface area contributed by atoms with E-state index in [2.05, 4.69) is 11.9 Å². The summed E-state index contributed by atoms with van der Waals surface area (Å²) < 4.78 is 12.8. The molecule has 0 radical (unpaired) electrons. The topological polar surface area (TPSA) is 38.0 Å². The number of halogens is 1. The van der Waals surface area contributed by atoms with Gasteiger partial charge in [-0.3, -0.25) is 0 Å². The molecule has 0 amide bonds. The minimum Gasteiger partial charge on any atom is -0.386 e. The van der Waals surface area contributed by atoms with Crippen LogP contribution in [0.3, 0.4) is 0 Å². The van der Waals surface area contributed by atoms with E-state index in [0.717, 1.165) is 11.1 Å². The summed E-state index contributed by atoms with van der Waals surface area (Å²) in [6.45, 7) is 5.93. The van der Waals surface area contributed by atoms with E-state index >= 15 is 0 Å². The molecule has 0 aliphatic carbocycles. The maximum atomic E-state index is 12.8. The van der Waals surface area contributed by atoms with Gasteiger partial charge in [0.1, 0.15) is 5.82 Å². The molecule has 70 valence electrons. The number of benzene rings is 1. The molecule has 0 spiro atoms. The van der Waals surface area contributed by atoms with Crippen molar-refractivity contribution in [2.45, 2.75) is 13.5 Å². The first kappa shape index (κ1) is 9.58. The van der Waals surface area contributed by atoms with Gasteiger partial charge in [-0.1, -0.05) is 12.6 Å². The lowest BCUT2D eigenvalue weighted by molar-refractivity contribution is 0.623. The Bertz CT molecular complexity index is 321. The quantitative estimate of drug-likeness (QED) is 0.742. The lowest BCUT2D eigenvalue weighted by Crippen LogP contribution is -2.18. The minimum absolute atomic E-state index is 0.231. The van der Waals surface area contributed by atoms with Crippen molar-refractivity contribution in [3.05, 3.63) is 47.5 Å². The Morgan fingerprint density at radius 3 is 2.92 bits per heavy atom. The van der Waals surface area contributed by atoms with Crippen molar-refractivity contribution in [1.29, 1.82) is 0 Å². The summed E-state index contributed by atoms with van der Waals surface area (Å²) in [5, 5.41) is 2.85. The van der Waals surface area contributed by atoms with Gasteiger partial charge in [-0.15, -0.1) is 0 Å². The van der Waals surface area contributed by atoms with Gasteiger partial charge in [0, 0.05) is 6.54 Å². The largest absolute Gasteiger partial charge is 0.386 e. The van der Waals surface area contributed by atoms with Crippen molar-refractivity contribution >= 4 is 0 Å². The van der Waals surface area contributed by atoms with Crippen LogP contribution >= 0.6 is 0 Å². The van der Waals surface area contributed by atoms with Crippen molar-refractivity contribution in [2.24, 2.45) is 5.73 Å². The number of aryl methyl sites for hydroxylation is 1. The van der Waals surface area contributed by atoms with Crippen LogP contribution in [-0.2, 0) is 6.54 Å². The van der Waals surface area contributed by atoms with Crippen LogP contribution in [0.15, 0.2) is 30.6 Å². The molecule has 0 aliphatic rings. The molecule has 0 heterocycles. The second-order valence-electron chi connectivity index (χ2n) is 2.95. The van der Waals surface area contributed by atoms with Crippen molar-refractivity contribution in [3.8, 4) is 0 Å². The molecule has 0 aromatic heterocycles. The second-order valence-corrected chi connectivity index (χ2v) is 2.95. The van der Waals surface area contributed by atoms with E-state index < -0.39 is 0 Å². The van der Waals surface area contributed by atoms with Gasteiger partial charge in [0.05, 0.1) is 5.82 Å². The number of hydrogen-bond donors (Lipinski definition) is 2. The predicted octanol–water partition coefficient (Wildman–Crippen LogP) is 1.65. The molecule has 0 aliphatic heterocycles. The van der Waals surface area contributed by atoms with Crippen LogP contribution in [0.5, 0.6) is 0 Å². The third kappa shape index (κ3) is 2.78. The van der Waals surface area contributed by atoms with E-state index in [-0.39, 0.29) is 5.82 Å². The highest BCUT2D eigenvalue weighted by atomic mass is 19.1. The molecule has 1 aromatic rings. The van der Waals surface area contributed by atoms with Crippen molar-refractivity contribution in [3.63, 3.8) is 0 Å². The van der Waals surface area contributed by atoms with E-state index in [1.807, 2.05) is 6.92 Å². The summed E-state index contributed by atoms with van der Waals surface area (Å²) in [5.74, 6) is 0.161. The van der Waals surface area contributed by atoms with Gasteiger partial charge >= 0.3 is 0 Å². The average molecular weight is 180 g/mol. The molecule has 13 heavy (non-hydrogen) atoms. The van der Waals surface area contributed by atoms with Crippen LogP contribution in [0, 0.1) is 12.7 Å². The summed E-state index contributed by atoms with van der Waals surface area (Å²) >= 11 is 0. The number of rotatable bonds is 3. The Morgan fingerprint density at radius 2 is 2.31 bits per heavy atom. The highest BCUT2D eigenvalue weighted by molar-refractivity contribution is 5.26. The molecule has 1 aromatic carbocycles. The first-order valence-corrected chi connectivity index (χ1v) is 4.03. The fraction of sp³-hybridized carbons (Fsp3) is 0.200. The molecular weight excluding hydrogens is 167 g/mol. The van der Waals surface area contributed by atoms with Crippen LogP contribution in [0.4, 0.5) is 4.39 Å². The van der Waals surface area contributed by atoms with Crippen LogP contribution < -0.4 is 11.1 Å². The molecule has 0 bridgehead atoms. The molecule has 2 nitrogen and oxygen atoms in total. The Kier molecular flexibility index (Phi) is 2.90. The highest BCUT2D eigenvalue weighted by Crippen LogP contribution is 2.09. The fourth-order valence-electron chi connectivity index (χ4n) is 1.04. The summed E-state index contributed by atoms with van der Waals surface area (Å²) in [6, 6.07) is 4.67. The van der Waals surface area contributed by atoms with Gasteiger partial charge in [0.15, 0.2) is 0 Å². The molecule has 0 saturated heterocycles. The highest BCUT2D eigenvalue weighted by Gasteiger charge is 1.99. The third-order valence-electron chi connectivity index (χ3n) is 1.82. The first-order chi connectivity index (χ1) is 6.09. The van der Waals surface area contributed by atoms with Crippen molar-refractivity contribution in [1.82, 2.24) is 5.32 Å². The zero-order valence-corrected chi connectivity index (χ0v) is 7.60. The van der Waals surface area contributed by atoms with Crippen LogP contribution in [-0.4, -0.2) is 0 Å². The SMILES string of the molecule is C=C(N)NCc1cc(F)ccc1C. The van der Waals surface area contributed by atoms with Gasteiger partial charge in [0.2, 0.25) is 0 Å². The maximum absolute atomic E-state index is 12.8. The molecule has 0 saturated carbocycles. The predicted molar refractivity (Wildman–Crippen MR) is 51.3 cm³/mol. The summed E-state index contributed by atoms with van der Waals surface area (Å²) in [6.07, 6.45) is 0. The zero-order valence-electron chi connectivity index (χ0n) is 7.60. The summed E-state index contributed by atoms with van der Waals surface area (Å²) in [5.41, 5.74) is 7.26. The van der Waals surface area contributed by atoms with Gasteiger partial charge in [0.25, 0.3) is 0 Å². The van der Waals surface area contributed by atoms with E-state index in [4.69, 9.17) is 5.73 Å². The normalized spacial score (nSPS) is 9.69. The molecule has 0 unspecified atom stereocenters. The molecule has 3 heteroatoms. The molecule has 1 rings (SSSR count). The third-order valence-corrected chi connectivity index (χ3v) is 1.82. The van der Waals surface area contributed by atoms with Crippen LogP contribution in [0.2, 0.25) is 0 Å². The van der Waals surface area contributed by atoms with Gasteiger partial charge in [-0.2, -0.15) is 0 Å². The van der Waals surface area contributed by atoms with Gasteiger partial charge in [-0.25, -0.2) is 4.39 Å². The van der Waals surface area contributed by atoms with Gasteiger partial charge in [-0.05, 0) is 30.2 Å². The van der Waals surface area contributed by atoms with Crippen molar-refractivity contribution in [2.75, 3.05) is 0 Å². The van der Waals surface area contributed by atoms with Crippen molar-refractivity contribution < 1.29 is 4.39 Å². The summed E-state index contributed by atoms with van der Waals surface area (Å²) in [7, 11) is 0. The van der Waals surface area contributed by atoms with E-state index in [1.165, 1.54) is 12.1 Å². The van der Waals surface area contributed by atoms with E-state index in [9.17, 15) is 4.39 Å². The average Bonchev–Trinajstić information content (AvgIpc) is 2.06. The standard InChI is InChI=1S/C10H13FN2/c1-7-3-4-10(11)5-9(7)6-13-8(2)12/h3-5,13H,2,6,12H2,1H3. The second kappa shape index (κ2) is 3.94. The monoisotopic (exact) mass is 180 g/mol. The Labute approximate surface area is 77.3 Å². The Hall–Kier alpha value is -1.51. The maximum Gasteiger partial charge on any atom is 0.123 e. The number of nitrogens with one attached hydrogen (secondary N) is 1. The smallest absolute Gasteiger partial charge is 0.123 e. The molecular formula is C10H13FN2. The molecule has 3 N–H and O–H groups in total. The van der Waals surface area contributed by atoms with E-state index in [0.29, 0.717) is 12.4 Å². The lowest BCUT2D eigenvalue weighted by atomic mass is 10.1. The van der Waals surface area contributed by atoms with E-state index in [1.54, 1.807) is 6.07 Å². The molecule has 0 fully saturated rings. The summed E-state index contributed by atoms with van der Waals surface area (Å²) in [4.78, 5) is 0. The zero-order chi connectivity index (χ0) is 9.84.